The van der Waals surface area contributed by atoms with Crippen molar-refractivity contribution in [3.8, 4) is 5.75 Å². The van der Waals surface area contributed by atoms with Gasteiger partial charge in [-0.3, -0.25) is 4.98 Å². The molecule has 28 heteroatoms. The average Bonchev–Trinajstić information content (AvgIpc) is 1.88. The van der Waals surface area contributed by atoms with E-state index in [0.29, 0.717) is 43.5 Å². The summed E-state index contributed by atoms with van der Waals surface area (Å²) in [5.41, 5.74) is 65.6. The number of nitrogens with two attached hydrogens (primary N) is 11. The van der Waals surface area contributed by atoms with Gasteiger partial charge < -0.3 is 96.9 Å². The van der Waals surface area contributed by atoms with Gasteiger partial charge in [-0.1, -0.05) is 231 Å². The van der Waals surface area contributed by atoms with Crippen molar-refractivity contribution in [2.24, 2.45) is 62.7 Å². The number of primary sulfonamides is 1. The van der Waals surface area contributed by atoms with Gasteiger partial charge in [0, 0.05) is 67.2 Å². The normalized spacial score (nSPS) is 10.0. The Balaban J connectivity index is 0.00000131. The first-order chi connectivity index (χ1) is 57.9. The van der Waals surface area contributed by atoms with Crippen molar-refractivity contribution in [2.45, 2.75) is 149 Å². The van der Waals surface area contributed by atoms with Gasteiger partial charge in [-0.15, -0.1) is 0 Å². The van der Waals surface area contributed by atoms with Crippen LogP contribution in [0.1, 0.15) is 140 Å². The molecule has 121 heavy (non-hydrogen) atoms. The number of nitrogens with zero attached hydrogens (tertiary/aromatic N) is 4. The highest BCUT2D eigenvalue weighted by Crippen LogP contribution is 2.23. The summed E-state index contributed by atoms with van der Waals surface area (Å²) in [6.45, 7) is 23.5. The van der Waals surface area contributed by atoms with Crippen molar-refractivity contribution < 1.29 is 43.0 Å². The average molecular weight is 1680 g/mol. The third-order valence-corrected chi connectivity index (χ3v) is 17.9. The smallest absolute Gasteiger partial charge is 0.409 e. The second-order valence-electron chi connectivity index (χ2n) is 28.6. The summed E-state index contributed by atoms with van der Waals surface area (Å²) in [5.74, 6) is -0.468. The lowest BCUT2D eigenvalue weighted by Gasteiger charge is -2.21. The minimum Gasteiger partial charge on any atom is -0.497 e. The predicted molar refractivity (Wildman–Crippen MR) is 507 cm³/mol. The summed E-state index contributed by atoms with van der Waals surface area (Å²) >= 11 is 0. The van der Waals surface area contributed by atoms with E-state index in [1.54, 1.807) is 88.2 Å². The van der Waals surface area contributed by atoms with Crippen molar-refractivity contribution in [1.29, 1.82) is 0 Å². The van der Waals surface area contributed by atoms with Gasteiger partial charge in [-0.2, -0.15) is 0 Å². The minimum absolute atomic E-state index is 0.133. The van der Waals surface area contributed by atoms with E-state index in [1.807, 2.05) is 120 Å². The number of rotatable bonds is 26. The number of fused-ring (bicyclic) bond motifs is 1. The summed E-state index contributed by atoms with van der Waals surface area (Å²) in [7, 11) is -1.75. The van der Waals surface area contributed by atoms with Crippen LogP contribution in [0.25, 0.3) is 10.9 Å². The zero-order valence-corrected chi connectivity index (χ0v) is 73.8. The number of carboxylic acid groups (broad SMARTS) is 2. The Bertz CT molecular complexity index is 4440. The minimum atomic E-state index is -3.57. The summed E-state index contributed by atoms with van der Waals surface area (Å²) in [5, 5.41) is 44.5. The summed E-state index contributed by atoms with van der Waals surface area (Å²) in [6, 6.07) is 75.9. The van der Waals surface area contributed by atoms with Crippen molar-refractivity contribution in [3.05, 3.63) is 318 Å². The fourth-order valence-corrected chi connectivity index (χ4v) is 10.4. The number of ether oxygens (including phenoxy) is 1. The molecule has 0 saturated heterocycles. The Morgan fingerprint density at radius 3 is 1.40 bits per heavy atom. The number of hydrogen-bond acceptors (Lipinski definition) is 21. The number of nitrogen functional groups attached to an aromatic ring is 1. The van der Waals surface area contributed by atoms with E-state index in [2.05, 4.69) is 117 Å². The van der Waals surface area contributed by atoms with E-state index in [1.165, 1.54) is 89.4 Å². The first-order valence-corrected chi connectivity index (χ1v) is 42.2. The van der Waals surface area contributed by atoms with Crippen LogP contribution in [0, 0.1) is 5.92 Å². The third kappa shape index (κ3) is 53.6. The standard InChI is InChI=1S/C11H17N.C9H12BNO3.C9H8N2.C9H13N.C8H10BNO3.C8H12N2O2S.C8H11NO.C8H11N.C7H9N.C6H11N3.C6H15N.C4H11N/c1-11(2,3)10-6-4-9(8-12)5-7-10;1-10(14)11(2)8-6-4-3-5-7(8)9(12)13;10-8-4-1-5-9-7(8)3-2-6-11-9;10-8-4-7-9-5-2-1-3-6-9;1-9(13)10-7-5-3-2-4-6(7)8(11)12;9-6-5-7-1-3-8(4-2-7)13(10,11)12;1-10-8-4-2-7(6-9)3-5-8;9-7-6-8-4-2-1-3-5-8;8-6-7-4-2-1-3-5-7;7-2-1-4-9-5-3-8-6-9;1-2-3-4-5-6-7;1-4(2)3-5/h4-7H,8,12H2,1-3H3;3-6,14H,1-2H3,(H,12,13);1-6H,10H2;1-3,5-6H,4,7-8,10H2;2-5,10,13H,1H3,(H,11,12);1-4H,5-6,9H2,(H2,10,11,12);2-5H,6,9H2,1H3;1-5H,6-7,9H2;1-5H,6,8H2;3,5-6H,1-2,4,7H2;2-7H2,1H3;4H,3,5H2,1-2H3. The van der Waals surface area contributed by atoms with Crippen molar-refractivity contribution in [1.82, 2.24) is 14.5 Å². The second kappa shape index (κ2) is 68.0. The number of hydrogen-bond donors (Lipinski definition) is 16. The fourth-order valence-electron chi connectivity index (χ4n) is 9.87. The second-order valence-corrected chi connectivity index (χ2v) is 30.2. The molecule has 0 aliphatic heterocycles. The van der Waals surface area contributed by atoms with Crippen molar-refractivity contribution in [3.63, 3.8) is 0 Å². The topological polar surface area (TPSA) is 491 Å². The van der Waals surface area contributed by atoms with Gasteiger partial charge in [0.15, 0.2) is 0 Å². The first-order valence-electron chi connectivity index (χ1n) is 40.7. The summed E-state index contributed by atoms with van der Waals surface area (Å²) < 4.78 is 28.7. The number of unbranched alkanes of at least 4 members (excludes halogenated alkanes) is 3. The van der Waals surface area contributed by atoms with E-state index in [-0.39, 0.29) is 21.4 Å². The molecule has 0 aliphatic rings. The number of aryl methyl sites for hydroxylation is 2. The molecule has 0 saturated carbocycles. The van der Waals surface area contributed by atoms with E-state index in [4.69, 9.17) is 82.4 Å². The van der Waals surface area contributed by atoms with Gasteiger partial charge in [-0.05, 0) is 222 Å². The zero-order chi connectivity index (χ0) is 90.7. The van der Waals surface area contributed by atoms with Gasteiger partial charge in [0.25, 0.3) is 0 Å². The molecule has 9 aromatic carbocycles. The molecule has 0 radical (unpaired) electrons. The number of benzene rings is 9. The van der Waals surface area contributed by atoms with Crippen LogP contribution in [-0.4, -0.2) is 123 Å². The van der Waals surface area contributed by atoms with E-state index in [0.717, 1.165) is 105 Å². The molecule has 11 aromatic rings. The highest BCUT2D eigenvalue weighted by Gasteiger charge is 2.18. The molecule has 0 bridgehead atoms. The molecule has 0 atom stereocenters. The molecular weight excluding hydrogens is 1540 g/mol. The van der Waals surface area contributed by atoms with Crippen molar-refractivity contribution in [2.75, 3.05) is 69.2 Å². The molecule has 0 amide bonds. The Labute approximate surface area is 722 Å². The first kappa shape index (κ1) is 110. The number of aromatic nitrogens is 3. The molecule has 0 unspecified atom stereocenters. The number of methoxy groups -OCH3 is 1. The molecule has 27 N–H and O–H groups in total. The maximum Gasteiger partial charge on any atom is 0.409 e. The van der Waals surface area contributed by atoms with Crippen LogP contribution in [-0.2, 0) is 60.9 Å². The van der Waals surface area contributed by atoms with Crippen LogP contribution in [0.3, 0.4) is 0 Å². The van der Waals surface area contributed by atoms with Crippen LogP contribution >= 0.6 is 0 Å². The molecule has 2 aromatic heterocycles. The lowest BCUT2D eigenvalue weighted by molar-refractivity contribution is 0.0687. The monoisotopic (exact) mass is 1680 g/mol. The van der Waals surface area contributed by atoms with Crippen LogP contribution in [0.5, 0.6) is 5.75 Å². The van der Waals surface area contributed by atoms with Gasteiger partial charge in [0.1, 0.15) is 5.75 Å². The zero-order valence-electron chi connectivity index (χ0n) is 72.9. The van der Waals surface area contributed by atoms with Crippen LogP contribution < -0.4 is 77.3 Å². The quantitative estimate of drug-likeness (QED) is 0.0136. The number of carbonyl (C=O) groups is 2. The predicted octanol–water partition coefficient (Wildman–Crippen LogP) is 13.4. The van der Waals surface area contributed by atoms with Crippen LogP contribution in [0.2, 0.25) is 13.6 Å². The molecule has 2 heterocycles. The molecule has 0 aliphatic carbocycles. The van der Waals surface area contributed by atoms with Gasteiger partial charge in [0.05, 0.1) is 35.0 Å². The van der Waals surface area contributed by atoms with Gasteiger partial charge in [-0.25, -0.2) is 28.1 Å². The maximum atomic E-state index is 10.9. The molecule has 0 fully saturated rings. The third-order valence-electron chi connectivity index (χ3n) is 17.0. The van der Waals surface area contributed by atoms with Crippen molar-refractivity contribution >= 4 is 64.0 Å². The number of imidazole rings is 1. The number of aromatic carboxylic acids is 2. The number of anilines is 3. The molecular formula is C93H140B2N16O9S. The lowest BCUT2D eigenvalue weighted by Crippen LogP contribution is -2.34. The highest BCUT2D eigenvalue weighted by molar-refractivity contribution is 7.89. The van der Waals surface area contributed by atoms with E-state index in [9.17, 15) is 23.0 Å². The Kier molecular flexibility index (Phi) is 62.0. The fraction of sp³-hybridized carbons (Fsp3) is 0.333. The summed E-state index contributed by atoms with van der Waals surface area (Å²) in [4.78, 5) is 31.2. The Morgan fingerprint density at radius 1 is 0.529 bits per heavy atom. The maximum absolute atomic E-state index is 10.9. The van der Waals surface area contributed by atoms with Crippen LogP contribution in [0.15, 0.2) is 272 Å². The SMILES string of the molecule is CB(O)N(C)c1ccccc1C(=O)O.CB(O)Nc1ccccc1C(=O)O.CC(C)(C)c1ccc(CN)cc1.CC(C)CN.CCCCCCN.COc1ccc(CN)cc1.NCCCc1ccccc1.NCCCn1ccnc1.NCCc1ccc(S(N)(=O)=O)cc1.NCCc1ccccc1.NCc1ccccc1.Nc1cccc2ncccc12. The number of carboxylic acids is 2. The molecule has 25 nitrogen and oxygen atoms in total. The number of nitrogens with one attached hydrogen (secondary N) is 1. The number of para-hydroxylation sites is 2. The molecule has 0 spiro atoms. The van der Waals surface area contributed by atoms with Crippen LogP contribution in [0.4, 0.5) is 17.1 Å². The Hall–Kier alpha value is -10.7. The van der Waals surface area contributed by atoms with E-state index >= 15 is 0 Å². The highest BCUT2D eigenvalue weighted by atomic mass is 32.2. The Morgan fingerprint density at radius 2 is 0.983 bits per heavy atom. The summed E-state index contributed by atoms with van der Waals surface area (Å²) in [6.07, 6.45) is 17.4. The van der Waals surface area contributed by atoms with Gasteiger partial charge in [0.2, 0.25) is 10.0 Å². The lowest BCUT2D eigenvalue weighted by atomic mass is 9.84. The number of pyridine rings is 1. The molecule has 658 valence electrons. The molecule has 11 rings (SSSR count). The van der Waals surface area contributed by atoms with Gasteiger partial charge >= 0.3 is 26.0 Å². The largest absolute Gasteiger partial charge is 0.497 e. The number of sulfonamides is 1. The van der Waals surface area contributed by atoms with E-state index < -0.39 is 36.1 Å².